The van der Waals surface area contributed by atoms with Gasteiger partial charge < -0.3 is 5.11 Å². The normalized spacial score (nSPS) is 23.7. The van der Waals surface area contributed by atoms with Crippen LogP contribution in [-0.2, 0) is 24.7 Å². The molecule has 9 heteroatoms. The van der Waals surface area contributed by atoms with E-state index >= 15 is 0 Å². The number of aliphatic carboxylic acids is 1. The largest absolute Gasteiger partial charge is 0.480 e. The van der Waals surface area contributed by atoms with Crippen LogP contribution in [0.3, 0.4) is 0 Å². The molecule has 0 saturated carbocycles. The topological polar surface area (TPSA) is 109 Å². The number of rotatable bonds is 5. The van der Waals surface area contributed by atoms with Crippen LogP contribution in [0, 0.1) is 0 Å². The van der Waals surface area contributed by atoms with E-state index in [0.29, 0.717) is 0 Å². The summed E-state index contributed by atoms with van der Waals surface area (Å²) in [6.45, 7) is 4.10. The summed E-state index contributed by atoms with van der Waals surface area (Å²) in [4.78, 5) is 11.2. The summed E-state index contributed by atoms with van der Waals surface area (Å²) < 4.78 is 48.4. The number of carboxylic acid groups (broad SMARTS) is 1. The van der Waals surface area contributed by atoms with E-state index in [9.17, 15) is 21.6 Å². The number of nitrogens with zero attached hydrogens (tertiary/aromatic N) is 1. The third kappa shape index (κ3) is 3.09. The van der Waals surface area contributed by atoms with Crippen LogP contribution in [0.4, 0.5) is 0 Å². The summed E-state index contributed by atoms with van der Waals surface area (Å²) >= 11 is 0. The first-order chi connectivity index (χ1) is 8.45. The molecule has 19 heavy (non-hydrogen) atoms. The molecule has 1 unspecified atom stereocenters. The van der Waals surface area contributed by atoms with Crippen molar-refractivity contribution in [2.75, 3.05) is 18.1 Å². The fourth-order valence-corrected chi connectivity index (χ4v) is 7.03. The Morgan fingerprint density at radius 2 is 1.95 bits per heavy atom. The van der Waals surface area contributed by atoms with E-state index in [1.165, 1.54) is 20.8 Å². The zero-order valence-corrected chi connectivity index (χ0v) is 12.8. The maximum absolute atomic E-state index is 12.4. The van der Waals surface area contributed by atoms with Crippen LogP contribution in [0.1, 0.15) is 27.2 Å². The van der Waals surface area contributed by atoms with Crippen LogP contribution in [-0.4, -0.2) is 61.1 Å². The number of carboxylic acids is 1. The maximum Gasteiger partial charge on any atom is 0.324 e. The van der Waals surface area contributed by atoms with E-state index in [1.807, 2.05) is 0 Å². The second-order valence-corrected chi connectivity index (χ2v) is 9.47. The molecule has 0 aliphatic carbocycles. The number of likely N-dealkylation sites (N-methyl/N-ethyl adjacent to an activating group) is 1. The van der Waals surface area contributed by atoms with E-state index in [-0.39, 0.29) is 18.7 Å². The van der Waals surface area contributed by atoms with E-state index in [2.05, 4.69) is 0 Å². The van der Waals surface area contributed by atoms with Crippen molar-refractivity contribution in [3.63, 3.8) is 0 Å². The fraction of sp³-hybridized carbons (Fsp3) is 0.900. The molecule has 0 radical (unpaired) electrons. The second-order valence-electron chi connectivity index (χ2n) is 5.10. The SMILES string of the molecule is CCN(C(C)(C)C(=O)O)S(=O)(=O)C1CCS(=O)(=O)C1. The van der Waals surface area contributed by atoms with Crippen molar-refractivity contribution < 1.29 is 26.7 Å². The van der Waals surface area contributed by atoms with Crippen LogP contribution in [0.2, 0.25) is 0 Å². The van der Waals surface area contributed by atoms with Crippen molar-refractivity contribution in [1.82, 2.24) is 4.31 Å². The monoisotopic (exact) mass is 313 g/mol. The Labute approximate surface area is 113 Å². The zero-order chi connectivity index (χ0) is 15.1. The van der Waals surface area contributed by atoms with Crippen LogP contribution in [0.5, 0.6) is 0 Å². The molecule has 1 saturated heterocycles. The van der Waals surface area contributed by atoms with Crippen molar-refractivity contribution in [3.05, 3.63) is 0 Å². The second kappa shape index (κ2) is 5.02. The van der Waals surface area contributed by atoms with E-state index < -0.39 is 42.4 Å². The fourth-order valence-electron chi connectivity index (χ4n) is 2.18. The van der Waals surface area contributed by atoms with Crippen molar-refractivity contribution in [3.8, 4) is 0 Å². The van der Waals surface area contributed by atoms with Gasteiger partial charge in [0.2, 0.25) is 10.0 Å². The van der Waals surface area contributed by atoms with Gasteiger partial charge in [0.25, 0.3) is 0 Å². The minimum absolute atomic E-state index is 0.0157. The first kappa shape index (κ1) is 16.4. The minimum atomic E-state index is -3.95. The summed E-state index contributed by atoms with van der Waals surface area (Å²) in [6.07, 6.45) is 0.0247. The Morgan fingerprint density at radius 1 is 1.42 bits per heavy atom. The Balaban J connectivity index is 3.15. The maximum atomic E-state index is 12.4. The molecule has 0 aromatic rings. The highest BCUT2D eigenvalue weighted by atomic mass is 32.2. The first-order valence-corrected chi connectivity index (χ1v) is 9.23. The average Bonchev–Trinajstić information content (AvgIpc) is 2.59. The Kier molecular flexibility index (Phi) is 4.33. The average molecular weight is 313 g/mol. The Morgan fingerprint density at radius 3 is 2.26 bits per heavy atom. The lowest BCUT2D eigenvalue weighted by molar-refractivity contribution is -0.146. The predicted octanol–water partition coefficient (Wildman–Crippen LogP) is -0.312. The molecule has 1 aliphatic heterocycles. The summed E-state index contributed by atoms with van der Waals surface area (Å²) in [7, 11) is -7.29. The van der Waals surface area contributed by atoms with Crippen molar-refractivity contribution in [1.29, 1.82) is 0 Å². The van der Waals surface area contributed by atoms with Gasteiger partial charge in [-0.05, 0) is 20.3 Å². The van der Waals surface area contributed by atoms with Gasteiger partial charge in [0, 0.05) is 6.54 Å². The molecular weight excluding hydrogens is 294 g/mol. The van der Waals surface area contributed by atoms with E-state index in [1.54, 1.807) is 0 Å². The van der Waals surface area contributed by atoms with Gasteiger partial charge in [0.15, 0.2) is 9.84 Å². The van der Waals surface area contributed by atoms with Crippen molar-refractivity contribution in [2.24, 2.45) is 0 Å². The van der Waals surface area contributed by atoms with E-state index in [0.717, 1.165) is 4.31 Å². The molecule has 1 N–H and O–H groups in total. The molecule has 0 spiro atoms. The number of sulfone groups is 1. The molecule has 0 aromatic carbocycles. The summed E-state index contributed by atoms with van der Waals surface area (Å²) in [5.74, 6) is -1.86. The van der Waals surface area contributed by atoms with Gasteiger partial charge in [-0.3, -0.25) is 4.79 Å². The van der Waals surface area contributed by atoms with Gasteiger partial charge in [-0.1, -0.05) is 6.92 Å². The molecule has 0 bridgehead atoms. The smallest absolute Gasteiger partial charge is 0.324 e. The highest BCUT2D eigenvalue weighted by molar-refractivity contribution is 7.95. The summed E-state index contributed by atoms with van der Waals surface area (Å²) in [6, 6.07) is 0. The molecular formula is C10H19NO6S2. The number of hydrogen-bond donors (Lipinski definition) is 1. The molecule has 112 valence electrons. The lowest BCUT2D eigenvalue weighted by Gasteiger charge is -2.34. The third-order valence-electron chi connectivity index (χ3n) is 3.35. The van der Waals surface area contributed by atoms with E-state index in [4.69, 9.17) is 5.11 Å². The Hall–Kier alpha value is -0.670. The van der Waals surface area contributed by atoms with Crippen molar-refractivity contribution in [2.45, 2.75) is 38.0 Å². The first-order valence-electron chi connectivity index (χ1n) is 5.90. The molecule has 1 rings (SSSR count). The number of hydrogen-bond acceptors (Lipinski definition) is 5. The summed E-state index contributed by atoms with van der Waals surface area (Å²) in [5, 5.41) is 8.08. The third-order valence-corrected chi connectivity index (χ3v) is 7.91. The molecule has 0 aromatic heterocycles. The van der Waals surface area contributed by atoms with Gasteiger partial charge in [0.05, 0.1) is 16.8 Å². The van der Waals surface area contributed by atoms with Crippen LogP contribution < -0.4 is 0 Å². The van der Waals surface area contributed by atoms with Gasteiger partial charge in [-0.15, -0.1) is 0 Å². The Bertz CT molecular complexity index is 563. The molecule has 1 heterocycles. The summed E-state index contributed by atoms with van der Waals surface area (Å²) in [5.41, 5.74) is -1.60. The van der Waals surface area contributed by atoms with Gasteiger partial charge in [-0.25, -0.2) is 16.8 Å². The highest BCUT2D eigenvalue weighted by Gasteiger charge is 2.47. The van der Waals surface area contributed by atoms with Crippen LogP contribution in [0.15, 0.2) is 0 Å². The molecule has 7 nitrogen and oxygen atoms in total. The van der Waals surface area contributed by atoms with Crippen molar-refractivity contribution >= 4 is 25.8 Å². The minimum Gasteiger partial charge on any atom is -0.480 e. The lowest BCUT2D eigenvalue weighted by atomic mass is 10.1. The van der Waals surface area contributed by atoms with Gasteiger partial charge in [0.1, 0.15) is 5.54 Å². The standard InChI is InChI=1S/C10H19NO6S2/c1-4-11(10(2,3)9(12)13)19(16,17)8-5-6-18(14,15)7-8/h8H,4-7H2,1-3H3,(H,12,13). The molecule has 1 fully saturated rings. The molecule has 1 atom stereocenters. The quantitative estimate of drug-likeness (QED) is 0.745. The van der Waals surface area contributed by atoms with Crippen LogP contribution in [0.25, 0.3) is 0 Å². The zero-order valence-electron chi connectivity index (χ0n) is 11.2. The highest BCUT2D eigenvalue weighted by Crippen LogP contribution is 2.27. The predicted molar refractivity (Wildman–Crippen MR) is 70.1 cm³/mol. The molecule has 0 amide bonds. The number of carbonyl (C=O) groups is 1. The van der Waals surface area contributed by atoms with Crippen LogP contribution >= 0.6 is 0 Å². The van der Waals surface area contributed by atoms with Gasteiger partial charge in [-0.2, -0.15) is 4.31 Å². The van der Waals surface area contributed by atoms with Gasteiger partial charge >= 0.3 is 5.97 Å². The molecule has 1 aliphatic rings. The number of sulfonamides is 1. The lowest BCUT2D eigenvalue weighted by Crippen LogP contribution is -2.55.